The summed E-state index contributed by atoms with van der Waals surface area (Å²) < 4.78 is 2.78. The topological polar surface area (TPSA) is 50.2 Å². The molecule has 1 N–H and O–H groups in total. The van der Waals surface area contributed by atoms with Crippen molar-refractivity contribution in [2.75, 3.05) is 19.6 Å². The molecule has 1 fully saturated rings. The predicted octanol–water partition coefficient (Wildman–Crippen LogP) is 2.56. The molecule has 7 heteroatoms. The number of hydrogen-bond donors (Lipinski definition) is 1. The summed E-state index contributed by atoms with van der Waals surface area (Å²) in [6.45, 7) is 3.85. The highest BCUT2D eigenvalue weighted by Crippen LogP contribution is 2.25. The SMILES string of the molecule is Cl.Cn1c(=O)sc2cc(CN3CCNCC3c3ccncc3)ccc21. The molecule has 5 nitrogen and oxygen atoms in total. The first kappa shape index (κ1) is 18.1. The molecule has 25 heavy (non-hydrogen) atoms. The molecule has 0 spiro atoms. The van der Waals surface area contributed by atoms with Gasteiger partial charge in [-0.2, -0.15) is 0 Å². The smallest absolute Gasteiger partial charge is 0.307 e. The summed E-state index contributed by atoms with van der Waals surface area (Å²) in [4.78, 5) is 18.6. The van der Waals surface area contributed by atoms with E-state index in [1.807, 2.05) is 19.4 Å². The Hall–Kier alpha value is -1.73. The van der Waals surface area contributed by atoms with E-state index in [0.717, 1.165) is 36.4 Å². The molecular formula is C18H21ClN4OS. The van der Waals surface area contributed by atoms with E-state index in [4.69, 9.17) is 0 Å². The van der Waals surface area contributed by atoms with Gasteiger partial charge in [0.25, 0.3) is 0 Å². The van der Waals surface area contributed by atoms with Crippen molar-refractivity contribution in [3.8, 4) is 0 Å². The number of rotatable bonds is 3. The largest absolute Gasteiger partial charge is 0.314 e. The molecule has 1 unspecified atom stereocenters. The summed E-state index contributed by atoms with van der Waals surface area (Å²) in [7, 11) is 1.83. The molecule has 0 radical (unpaired) electrons. The number of thiazole rings is 1. The third-order valence-corrected chi connectivity index (χ3v) is 5.68. The highest BCUT2D eigenvalue weighted by Gasteiger charge is 2.23. The third kappa shape index (κ3) is 3.62. The van der Waals surface area contributed by atoms with Gasteiger partial charge in [0, 0.05) is 51.7 Å². The number of nitrogens with zero attached hydrogens (tertiary/aromatic N) is 3. The first-order valence-electron chi connectivity index (χ1n) is 8.15. The van der Waals surface area contributed by atoms with Gasteiger partial charge in [0.05, 0.1) is 10.2 Å². The molecule has 2 aromatic heterocycles. The normalized spacial score (nSPS) is 18.2. The van der Waals surface area contributed by atoms with Crippen LogP contribution in [0.1, 0.15) is 17.2 Å². The fraction of sp³-hybridized carbons (Fsp3) is 0.333. The van der Waals surface area contributed by atoms with Gasteiger partial charge in [0.2, 0.25) is 0 Å². The maximum absolute atomic E-state index is 11.8. The lowest BCUT2D eigenvalue weighted by atomic mass is 10.0. The Morgan fingerprint density at radius 2 is 2.08 bits per heavy atom. The zero-order chi connectivity index (χ0) is 16.5. The van der Waals surface area contributed by atoms with E-state index in [9.17, 15) is 4.79 Å². The first-order valence-corrected chi connectivity index (χ1v) is 8.97. The van der Waals surface area contributed by atoms with Gasteiger partial charge in [-0.15, -0.1) is 12.4 Å². The zero-order valence-electron chi connectivity index (χ0n) is 14.0. The van der Waals surface area contributed by atoms with Crippen LogP contribution in [-0.2, 0) is 13.6 Å². The van der Waals surface area contributed by atoms with Crippen molar-refractivity contribution in [2.45, 2.75) is 12.6 Å². The van der Waals surface area contributed by atoms with Crippen LogP contribution in [0.3, 0.4) is 0 Å². The van der Waals surface area contributed by atoms with E-state index < -0.39 is 0 Å². The lowest BCUT2D eigenvalue weighted by molar-refractivity contribution is 0.154. The van der Waals surface area contributed by atoms with Crippen molar-refractivity contribution in [3.63, 3.8) is 0 Å². The Morgan fingerprint density at radius 1 is 1.28 bits per heavy atom. The second-order valence-corrected chi connectivity index (χ2v) is 7.19. The lowest BCUT2D eigenvalue weighted by Gasteiger charge is -2.36. The van der Waals surface area contributed by atoms with Crippen molar-refractivity contribution < 1.29 is 0 Å². The van der Waals surface area contributed by atoms with Gasteiger partial charge in [0.15, 0.2) is 0 Å². The molecule has 3 heterocycles. The molecule has 1 saturated heterocycles. The van der Waals surface area contributed by atoms with Gasteiger partial charge in [-0.05, 0) is 35.4 Å². The Kier molecular flexibility index (Phi) is 5.54. The molecule has 1 aliphatic heterocycles. The summed E-state index contributed by atoms with van der Waals surface area (Å²) in [6, 6.07) is 10.9. The van der Waals surface area contributed by atoms with Gasteiger partial charge in [-0.3, -0.25) is 14.7 Å². The predicted molar refractivity (Wildman–Crippen MR) is 105 cm³/mol. The monoisotopic (exact) mass is 376 g/mol. The number of halogens is 1. The van der Waals surface area contributed by atoms with Crippen LogP contribution in [0.4, 0.5) is 0 Å². The van der Waals surface area contributed by atoms with Gasteiger partial charge in [-0.1, -0.05) is 17.4 Å². The van der Waals surface area contributed by atoms with Crippen LogP contribution in [0.5, 0.6) is 0 Å². The molecule has 4 rings (SSSR count). The highest BCUT2D eigenvalue weighted by atomic mass is 35.5. The van der Waals surface area contributed by atoms with Crippen LogP contribution in [0, 0.1) is 0 Å². The number of fused-ring (bicyclic) bond motifs is 1. The summed E-state index contributed by atoms with van der Waals surface area (Å²) in [6.07, 6.45) is 3.71. The molecule has 0 amide bonds. The number of benzene rings is 1. The van der Waals surface area contributed by atoms with E-state index in [2.05, 4.69) is 45.5 Å². The summed E-state index contributed by atoms with van der Waals surface area (Å²) in [5, 5.41) is 3.48. The molecule has 132 valence electrons. The zero-order valence-corrected chi connectivity index (χ0v) is 15.6. The van der Waals surface area contributed by atoms with Gasteiger partial charge >= 0.3 is 4.87 Å². The molecule has 1 aliphatic rings. The average Bonchev–Trinajstić information content (AvgIpc) is 2.90. The molecule has 0 saturated carbocycles. The number of aryl methyl sites for hydroxylation is 1. The quantitative estimate of drug-likeness (QED) is 0.763. The summed E-state index contributed by atoms with van der Waals surface area (Å²) >= 11 is 1.32. The van der Waals surface area contributed by atoms with Crippen LogP contribution < -0.4 is 10.2 Å². The van der Waals surface area contributed by atoms with Crippen LogP contribution in [0.25, 0.3) is 10.2 Å². The average molecular weight is 377 g/mol. The fourth-order valence-electron chi connectivity index (χ4n) is 3.36. The number of pyridine rings is 1. The first-order chi connectivity index (χ1) is 11.7. The van der Waals surface area contributed by atoms with E-state index in [-0.39, 0.29) is 17.3 Å². The molecule has 0 bridgehead atoms. The third-order valence-electron chi connectivity index (χ3n) is 4.69. The number of aromatic nitrogens is 2. The highest BCUT2D eigenvalue weighted by molar-refractivity contribution is 7.16. The van der Waals surface area contributed by atoms with E-state index in [1.54, 1.807) is 4.57 Å². The molecule has 1 aromatic carbocycles. The molecule has 3 aromatic rings. The number of piperazine rings is 1. The van der Waals surface area contributed by atoms with Gasteiger partial charge in [-0.25, -0.2) is 0 Å². The van der Waals surface area contributed by atoms with E-state index in [1.165, 1.54) is 22.5 Å². The van der Waals surface area contributed by atoms with Crippen LogP contribution >= 0.6 is 23.7 Å². The lowest BCUT2D eigenvalue weighted by Crippen LogP contribution is -2.45. The van der Waals surface area contributed by atoms with Crippen LogP contribution in [0.2, 0.25) is 0 Å². The van der Waals surface area contributed by atoms with Crippen molar-refractivity contribution in [1.29, 1.82) is 0 Å². The minimum atomic E-state index is 0. The van der Waals surface area contributed by atoms with Crippen LogP contribution in [0.15, 0.2) is 47.5 Å². The van der Waals surface area contributed by atoms with Crippen LogP contribution in [-0.4, -0.2) is 34.1 Å². The second-order valence-electron chi connectivity index (χ2n) is 6.20. The Labute approximate surface area is 156 Å². The van der Waals surface area contributed by atoms with Gasteiger partial charge < -0.3 is 9.88 Å². The summed E-state index contributed by atoms with van der Waals surface area (Å²) in [5.41, 5.74) is 3.56. The van der Waals surface area contributed by atoms with Crippen molar-refractivity contribution in [2.24, 2.45) is 7.05 Å². The van der Waals surface area contributed by atoms with E-state index >= 15 is 0 Å². The summed E-state index contributed by atoms with van der Waals surface area (Å²) in [5.74, 6) is 0. The Balaban J connectivity index is 0.00000182. The van der Waals surface area contributed by atoms with Gasteiger partial charge in [0.1, 0.15) is 0 Å². The fourth-order valence-corrected chi connectivity index (χ4v) is 4.30. The maximum atomic E-state index is 11.8. The molecule has 0 aliphatic carbocycles. The number of hydrogen-bond acceptors (Lipinski definition) is 5. The van der Waals surface area contributed by atoms with Crippen molar-refractivity contribution in [1.82, 2.24) is 19.8 Å². The van der Waals surface area contributed by atoms with E-state index in [0.29, 0.717) is 6.04 Å². The number of nitrogens with one attached hydrogen (secondary N) is 1. The minimum absolute atomic E-state index is 0. The standard InChI is InChI=1S/C18H20N4OS.ClH/c1-21-15-3-2-13(10-17(15)24-18(21)23)12-22-9-8-20-11-16(22)14-4-6-19-7-5-14;/h2-7,10,16,20H,8-9,11-12H2,1H3;1H. The second kappa shape index (κ2) is 7.66. The Bertz CT molecular complexity index is 908. The van der Waals surface area contributed by atoms with Crippen molar-refractivity contribution in [3.05, 3.63) is 63.5 Å². The van der Waals surface area contributed by atoms with Crippen molar-refractivity contribution >= 4 is 34.0 Å². The minimum Gasteiger partial charge on any atom is -0.314 e. The maximum Gasteiger partial charge on any atom is 0.307 e. The molecule has 1 atom stereocenters. The molecular weight excluding hydrogens is 356 g/mol. The Morgan fingerprint density at radius 3 is 2.88 bits per heavy atom.